The van der Waals surface area contributed by atoms with Gasteiger partial charge in [-0.2, -0.15) is 0 Å². The van der Waals surface area contributed by atoms with Crippen molar-refractivity contribution in [1.82, 2.24) is 0 Å². The Balaban J connectivity index is -0.0000000434. The van der Waals surface area contributed by atoms with Crippen molar-refractivity contribution in [3.8, 4) is 0 Å². The zero-order chi connectivity index (χ0) is 12.0. The van der Waals surface area contributed by atoms with Gasteiger partial charge < -0.3 is 29.3 Å². The fourth-order valence-electron chi connectivity index (χ4n) is 0.216. The van der Waals surface area contributed by atoms with Gasteiger partial charge in [0.1, 0.15) is 0 Å². The number of carbonyl (C=O) groups excluding carboxylic acids is 1. The predicted molar refractivity (Wildman–Crippen MR) is 63.1 cm³/mol. The van der Waals surface area contributed by atoms with Crippen molar-refractivity contribution < 1.29 is 41.5 Å². The summed E-state index contributed by atoms with van der Waals surface area (Å²) in [6.45, 7) is 12.3. The van der Waals surface area contributed by atoms with E-state index < -0.39 is 0 Å². The molecule has 0 aliphatic carbocycles. The molecule has 0 unspecified atom stereocenters. The average Bonchev–Trinajstić information content (AvgIpc) is 2.07. The van der Waals surface area contributed by atoms with Crippen molar-refractivity contribution in [3.63, 3.8) is 0 Å². The number of aliphatic hydroxyl groups excluding tert-OH is 2. The molecule has 0 aliphatic heterocycles. The second kappa shape index (κ2) is 29.4. The molecule has 0 aromatic carbocycles. The molecule has 0 aromatic rings. The SMILES string of the molecule is C=C(C)C(=O)OC[CH2-].CCO.CCO.[CH3-].[Ti+2]. The maximum absolute atomic E-state index is 10.4. The number of rotatable bonds is 2. The van der Waals surface area contributed by atoms with Crippen LogP contribution < -0.4 is 0 Å². The number of esters is 1. The summed E-state index contributed by atoms with van der Waals surface area (Å²) in [5.74, 6) is -0.375. The van der Waals surface area contributed by atoms with Crippen molar-refractivity contribution in [3.05, 3.63) is 26.5 Å². The molecule has 0 radical (unpaired) electrons. The Kier molecular flexibility index (Phi) is 54.5. The molecule has 0 fully saturated rings. The van der Waals surface area contributed by atoms with E-state index in [4.69, 9.17) is 10.2 Å². The zero-order valence-corrected chi connectivity index (χ0v) is 12.3. The van der Waals surface area contributed by atoms with E-state index >= 15 is 0 Å². The minimum Gasteiger partial charge on any atom is -0.496 e. The predicted octanol–water partition coefficient (Wildman–Crippen LogP) is 1.38. The van der Waals surface area contributed by atoms with Crippen LogP contribution >= 0.6 is 0 Å². The summed E-state index contributed by atoms with van der Waals surface area (Å²) in [7, 11) is 0. The molecule has 0 bridgehead atoms. The van der Waals surface area contributed by atoms with Crippen LogP contribution in [0.4, 0.5) is 0 Å². The largest absolute Gasteiger partial charge is 2.00 e. The summed E-state index contributed by atoms with van der Waals surface area (Å²) in [6.07, 6.45) is 0. The van der Waals surface area contributed by atoms with Gasteiger partial charge in [0.25, 0.3) is 0 Å². The quantitative estimate of drug-likeness (QED) is 0.344. The third kappa shape index (κ3) is 48.8. The van der Waals surface area contributed by atoms with Gasteiger partial charge >= 0.3 is 27.7 Å². The van der Waals surface area contributed by atoms with Crippen LogP contribution in [0, 0.1) is 14.4 Å². The first-order valence-electron chi connectivity index (χ1n) is 4.35. The van der Waals surface area contributed by atoms with Crippen molar-refractivity contribution >= 4 is 5.97 Å². The van der Waals surface area contributed by atoms with Crippen LogP contribution in [0.3, 0.4) is 0 Å². The van der Waals surface area contributed by atoms with Crippen molar-refractivity contribution in [1.29, 1.82) is 0 Å². The molecular weight excluding hydrogens is 244 g/mol. The smallest absolute Gasteiger partial charge is 0.496 e. The molecule has 0 aliphatic rings. The second-order valence-electron chi connectivity index (χ2n) is 2.05. The number of hydrogen-bond acceptors (Lipinski definition) is 4. The number of hydrogen-bond donors (Lipinski definition) is 2. The number of ether oxygens (including phenoxy) is 1. The monoisotopic (exact) mass is 268 g/mol. The molecule has 0 amide bonds. The molecule has 0 rings (SSSR count). The summed E-state index contributed by atoms with van der Waals surface area (Å²) < 4.78 is 4.45. The van der Waals surface area contributed by atoms with E-state index in [0.717, 1.165) is 0 Å². The summed E-state index contributed by atoms with van der Waals surface area (Å²) in [5.41, 5.74) is 0.411. The molecule has 0 atom stereocenters. The minimum atomic E-state index is -0.375. The van der Waals surface area contributed by atoms with Crippen molar-refractivity contribution in [2.45, 2.75) is 20.8 Å². The molecule has 0 heterocycles. The van der Waals surface area contributed by atoms with Gasteiger partial charge in [-0.15, -0.1) is 0 Å². The first kappa shape index (κ1) is 29.7. The molecule has 0 spiro atoms. The van der Waals surface area contributed by atoms with Crippen LogP contribution in [0.2, 0.25) is 0 Å². The Labute approximate surface area is 115 Å². The van der Waals surface area contributed by atoms with Crippen LogP contribution in [0.25, 0.3) is 0 Å². The molecule has 0 aromatic heterocycles. The van der Waals surface area contributed by atoms with E-state index in [9.17, 15) is 4.79 Å². The third-order valence-electron chi connectivity index (χ3n) is 0.582. The zero-order valence-electron chi connectivity index (χ0n) is 10.7. The van der Waals surface area contributed by atoms with Gasteiger partial charge in [0.2, 0.25) is 0 Å². The molecule has 0 saturated heterocycles. The van der Waals surface area contributed by atoms with Gasteiger partial charge in [-0.25, -0.2) is 4.79 Å². The first-order chi connectivity index (χ1) is 6.51. The summed E-state index contributed by atoms with van der Waals surface area (Å²) >= 11 is 0. The van der Waals surface area contributed by atoms with Crippen LogP contribution in [-0.2, 0) is 31.2 Å². The summed E-state index contributed by atoms with van der Waals surface area (Å²) in [5, 5.41) is 15.1. The van der Waals surface area contributed by atoms with Gasteiger partial charge in [0.15, 0.2) is 0 Å². The van der Waals surface area contributed by atoms with E-state index in [1.165, 1.54) is 0 Å². The van der Waals surface area contributed by atoms with E-state index in [0.29, 0.717) is 5.57 Å². The maximum atomic E-state index is 10.4. The van der Waals surface area contributed by atoms with E-state index in [1.54, 1.807) is 20.8 Å². The normalized spacial score (nSPS) is 6.38. The van der Waals surface area contributed by atoms with Crippen LogP contribution in [0.15, 0.2) is 12.2 Å². The van der Waals surface area contributed by atoms with Crippen LogP contribution in [0.1, 0.15) is 20.8 Å². The van der Waals surface area contributed by atoms with E-state index in [-0.39, 0.29) is 54.9 Å². The van der Waals surface area contributed by atoms with Crippen molar-refractivity contribution in [2.24, 2.45) is 0 Å². The molecule has 4 nitrogen and oxygen atoms in total. The second-order valence-corrected chi connectivity index (χ2v) is 2.05. The number of carbonyl (C=O) groups is 1. The average molecular weight is 268 g/mol. The molecule has 96 valence electrons. The Morgan fingerprint density at radius 1 is 1.31 bits per heavy atom. The fraction of sp³-hybridized carbons (Fsp3) is 0.545. The van der Waals surface area contributed by atoms with Gasteiger partial charge in [0, 0.05) is 18.8 Å². The molecule has 2 N–H and O–H groups in total. The van der Waals surface area contributed by atoms with Crippen LogP contribution in [0.5, 0.6) is 0 Å². The van der Waals surface area contributed by atoms with Crippen molar-refractivity contribution in [2.75, 3.05) is 19.8 Å². The van der Waals surface area contributed by atoms with Gasteiger partial charge in [-0.05, 0) is 27.4 Å². The minimum absolute atomic E-state index is 0. The first-order valence-corrected chi connectivity index (χ1v) is 4.35. The summed E-state index contributed by atoms with van der Waals surface area (Å²) in [4.78, 5) is 10.4. The number of aliphatic hydroxyl groups is 2. The van der Waals surface area contributed by atoms with Gasteiger partial charge in [-0.3, -0.25) is 0 Å². The Hall–Kier alpha value is -0.156. The van der Waals surface area contributed by atoms with E-state index in [2.05, 4.69) is 18.2 Å². The topological polar surface area (TPSA) is 66.8 Å². The molecule has 16 heavy (non-hydrogen) atoms. The maximum Gasteiger partial charge on any atom is 2.00 e. The Morgan fingerprint density at radius 2 is 1.56 bits per heavy atom. The molecular formula is C11H24O4Ti. The van der Waals surface area contributed by atoms with Crippen LogP contribution in [-0.4, -0.2) is 36.0 Å². The third-order valence-corrected chi connectivity index (χ3v) is 0.582. The Morgan fingerprint density at radius 3 is 1.62 bits per heavy atom. The van der Waals surface area contributed by atoms with Gasteiger partial charge in [0.05, 0.1) is 0 Å². The molecule has 5 heteroatoms. The molecule has 0 saturated carbocycles. The van der Waals surface area contributed by atoms with Gasteiger partial charge in [-0.1, -0.05) is 6.58 Å². The van der Waals surface area contributed by atoms with E-state index in [1.807, 2.05) is 0 Å². The summed E-state index contributed by atoms with van der Waals surface area (Å²) in [6, 6.07) is 0. The fourth-order valence-corrected chi connectivity index (χ4v) is 0.216. The Bertz CT molecular complexity index is 136. The standard InChI is InChI=1S/C6H9O2.2C2H6O.CH3.Ti/c1-4-8-6(7)5(2)3;2*1-2-3;;/h1-2,4H2,3H3;2*3H,2H2,1H3;1H3;/q-1;;;-1;+2.